The van der Waals surface area contributed by atoms with Crippen molar-refractivity contribution in [3.8, 4) is 11.5 Å². The third-order valence-electron chi connectivity index (χ3n) is 2.42. The van der Waals surface area contributed by atoms with E-state index >= 15 is 0 Å². The van der Waals surface area contributed by atoms with Crippen molar-refractivity contribution in [3.05, 3.63) is 39.8 Å². The Hall–Kier alpha value is -1.88. The summed E-state index contributed by atoms with van der Waals surface area (Å²) >= 11 is 1.56. The van der Waals surface area contributed by atoms with Crippen molar-refractivity contribution >= 4 is 17.6 Å². The molecule has 2 rings (SSSR count). The molecule has 0 N–H and O–H groups in total. The molecule has 1 aromatic heterocycles. The van der Waals surface area contributed by atoms with Crippen LogP contribution in [0.2, 0.25) is 0 Å². The Balaban J connectivity index is 2.12. The molecule has 0 aliphatic heterocycles. The molecule has 19 heavy (non-hydrogen) atoms. The fourth-order valence-electron chi connectivity index (χ4n) is 1.59. The third-order valence-corrected chi connectivity index (χ3v) is 3.36. The normalized spacial score (nSPS) is 10.2. The van der Waals surface area contributed by atoms with Gasteiger partial charge in [0, 0.05) is 16.6 Å². The zero-order valence-electron chi connectivity index (χ0n) is 10.9. The maximum absolute atomic E-state index is 10.8. The minimum Gasteiger partial charge on any atom is -0.490 e. The average Bonchev–Trinajstić information content (AvgIpc) is 2.83. The van der Waals surface area contributed by atoms with Crippen LogP contribution < -0.4 is 9.47 Å². The molecule has 4 nitrogen and oxygen atoms in total. The van der Waals surface area contributed by atoms with Crippen LogP contribution in [-0.2, 0) is 6.61 Å². The second-order valence-electron chi connectivity index (χ2n) is 3.93. The van der Waals surface area contributed by atoms with Gasteiger partial charge in [0.05, 0.1) is 6.61 Å². The van der Waals surface area contributed by atoms with Gasteiger partial charge in [0.2, 0.25) is 0 Å². The fraction of sp³-hybridized carbons (Fsp3) is 0.286. The van der Waals surface area contributed by atoms with E-state index in [-0.39, 0.29) is 0 Å². The third kappa shape index (κ3) is 3.54. The lowest BCUT2D eigenvalue weighted by Crippen LogP contribution is -2.00. The Morgan fingerprint density at radius 3 is 2.79 bits per heavy atom. The summed E-state index contributed by atoms with van der Waals surface area (Å²) < 4.78 is 11.2. The summed E-state index contributed by atoms with van der Waals surface area (Å²) in [5.41, 5.74) is 1.56. The Morgan fingerprint density at radius 1 is 1.32 bits per heavy atom. The fourth-order valence-corrected chi connectivity index (χ4v) is 2.28. The number of thiazole rings is 1. The molecule has 2 aromatic rings. The van der Waals surface area contributed by atoms with Crippen molar-refractivity contribution in [3.63, 3.8) is 0 Å². The van der Waals surface area contributed by atoms with E-state index in [2.05, 4.69) is 4.98 Å². The molecule has 0 atom stereocenters. The number of carbonyl (C=O) groups is 1. The summed E-state index contributed by atoms with van der Waals surface area (Å²) in [5, 5.41) is 2.90. The number of nitrogens with zero attached hydrogens (tertiary/aromatic N) is 1. The molecule has 0 unspecified atom stereocenters. The predicted molar refractivity (Wildman–Crippen MR) is 74.2 cm³/mol. The van der Waals surface area contributed by atoms with Gasteiger partial charge in [0.25, 0.3) is 0 Å². The predicted octanol–water partition coefficient (Wildman–Crippen LogP) is 3.24. The van der Waals surface area contributed by atoms with E-state index in [1.165, 1.54) is 0 Å². The van der Waals surface area contributed by atoms with E-state index in [0.29, 0.717) is 30.3 Å². The van der Waals surface area contributed by atoms with Gasteiger partial charge >= 0.3 is 0 Å². The van der Waals surface area contributed by atoms with Crippen LogP contribution in [0.4, 0.5) is 0 Å². The number of hydrogen-bond donors (Lipinski definition) is 0. The van der Waals surface area contributed by atoms with Gasteiger partial charge in [0.1, 0.15) is 17.9 Å². The van der Waals surface area contributed by atoms with Gasteiger partial charge in [-0.25, -0.2) is 4.98 Å². The molecule has 5 heteroatoms. The molecule has 0 aliphatic rings. The van der Waals surface area contributed by atoms with E-state index in [0.717, 1.165) is 17.0 Å². The van der Waals surface area contributed by atoms with Crippen LogP contribution in [0.15, 0.2) is 23.6 Å². The smallest absolute Gasteiger partial charge is 0.161 e. The Kier molecular flexibility index (Phi) is 4.52. The standard InChI is InChI=1S/C14H15NO3S/c1-3-17-13-6-11(7-16)4-5-12(13)18-8-14-15-10(2)9-19-14/h4-7,9H,3,8H2,1-2H3. The number of aryl methyl sites for hydroxylation is 1. The van der Waals surface area contributed by atoms with E-state index in [1.54, 1.807) is 29.5 Å². The van der Waals surface area contributed by atoms with Gasteiger partial charge in [-0.2, -0.15) is 0 Å². The lowest BCUT2D eigenvalue weighted by atomic mass is 10.2. The molecule has 0 saturated heterocycles. The minimum atomic E-state index is 0.402. The lowest BCUT2D eigenvalue weighted by Gasteiger charge is -2.11. The molecule has 0 saturated carbocycles. The Morgan fingerprint density at radius 2 is 2.16 bits per heavy atom. The van der Waals surface area contributed by atoms with Gasteiger partial charge < -0.3 is 9.47 Å². The minimum absolute atomic E-state index is 0.402. The summed E-state index contributed by atoms with van der Waals surface area (Å²) in [6.45, 7) is 4.76. The Bertz CT molecular complexity index is 566. The maximum Gasteiger partial charge on any atom is 0.161 e. The van der Waals surface area contributed by atoms with Crippen LogP contribution in [0.1, 0.15) is 28.0 Å². The second-order valence-corrected chi connectivity index (χ2v) is 4.87. The van der Waals surface area contributed by atoms with Gasteiger partial charge in [-0.3, -0.25) is 4.79 Å². The molecule has 1 aromatic carbocycles. The molecule has 0 spiro atoms. The van der Waals surface area contributed by atoms with Gasteiger partial charge in [0.15, 0.2) is 11.5 Å². The highest BCUT2D eigenvalue weighted by Crippen LogP contribution is 2.29. The van der Waals surface area contributed by atoms with Gasteiger partial charge in [-0.1, -0.05) is 0 Å². The van der Waals surface area contributed by atoms with Crippen LogP contribution in [0, 0.1) is 6.92 Å². The first-order valence-electron chi connectivity index (χ1n) is 5.98. The highest BCUT2D eigenvalue weighted by Gasteiger charge is 2.08. The molecule has 0 bridgehead atoms. The van der Waals surface area contributed by atoms with E-state index < -0.39 is 0 Å². The molecule has 0 fully saturated rings. The molecule has 1 heterocycles. The summed E-state index contributed by atoms with van der Waals surface area (Å²) in [5.74, 6) is 1.21. The average molecular weight is 277 g/mol. The quantitative estimate of drug-likeness (QED) is 0.760. The topological polar surface area (TPSA) is 48.4 Å². The number of aldehydes is 1. The highest BCUT2D eigenvalue weighted by molar-refractivity contribution is 7.09. The van der Waals surface area contributed by atoms with Gasteiger partial charge in [-0.15, -0.1) is 11.3 Å². The highest BCUT2D eigenvalue weighted by atomic mass is 32.1. The van der Waals surface area contributed by atoms with Crippen LogP contribution >= 0.6 is 11.3 Å². The first-order chi connectivity index (χ1) is 9.22. The lowest BCUT2D eigenvalue weighted by molar-refractivity contribution is 0.112. The number of benzene rings is 1. The second kappa shape index (κ2) is 6.33. The molecular weight excluding hydrogens is 262 g/mol. The SMILES string of the molecule is CCOc1cc(C=O)ccc1OCc1nc(C)cs1. The zero-order valence-corrected chi connectivity index (χ0v) is 11.7. The number of aromatic nitrogens is 1. The largest absolute Gasteiger partial charge is 0.490 e. The first kappa shape index (κ1) is 13.5. The molecule has 0 radical (unpaired) electrons. The van der Waals surface area contributed by atoms with Crippen LogP contribution in [0.25, 0.3) is 0 Å². The summed E-state index contributed by atoms with van der Waals surface area (Å²) in [7, 11) is 0. The van der Waals surface area contributed by atoms with Crippen LogP contribution in [0.3, 0.4) is 0 Å². The molecule has 0 amide bonds. The first-order valence-corrected chi connectivity index (χ1v) is 6.86. The summed E-state index contributed by atoms with van der Waals surface area (Å²) in [6.07, 6.45) is 0.788. The molecule has 0 aliphatic carbocycles. The van der Waals surface area contributed by atoms with Crippen molar-refractivity contribution in [1.29, 1.82) is 0 Å². The monoisotopic (exact) mass is 277 g/mol. The van der Waals surface area contributed by atoms with Crippen molar-refractivity contribution < 1.29 is 14.3 Å². The number of rotatable bonds is 6. The molecular formula is C14H15NO3S. The summed E-state index contributed by atoms with van der Waals surface area (Å²) in [6, 6.07) is 5.13. The summed E-state index contributed by atoms with van der Waals surface area (Å²) in [4.78, 5) is 15.1. The van der Waals surface area contributed by atoms with E-state index in [9.17, 15) is 4.79 Å². The van der Waals surface area contributed by atoms with E-state index in [1.807, 2.05) is 19.2 Å². The zero-order chi connectivity index (χ0) is 13.7. The van der Waals surface area contributed by atoms with Gasteiger partial charge in [-0.05, 0) is 32.0 Å². The number of ether oxygens (including phenoxy) is 2. The van der Waals surface area contributed by atoms with Crippen molar-refractivity contribution in [2.45, 2.75) is 20.5 Å². The van der Waals surface area contributed by atoms with Crippen LogP contribution in [0.5, 0.6) is 11.5 Å². The maximum atomic E-state index is 10.8. The van der Waals surface area contributed by atoms with Crippen molar-refractivity contribution in [2.24, 2.45) is 0 Å². The number of carbonyl (C=O) groups excluding carboxylic acids is 1. The van der Waals surface area contributed by atoms with Crippen LogP contribution in [-0.4, -0.2) is 17.9 Å². The Labute approximate surface area is 116 Å². The molecule has 100 valence electrons. The van der Waals surface area contributed by atoms with Crippen molar-refractivity contribution in [1.82, 2.24) is 4.98 Å². The van der Waals surface area contributed by atoms with E-state index in [4.69, 9.17) is 9.47 Å². The van der Waals surface area contributed by atoms with Crippen molar-refractivity contribution in [2.75, 3.05) is 6.61 Å². The number of hydrogen-bond acceptors (Lipinski definition) is 5.